The summed E-state index contributed by atoms with van der Waals surface area (Å²) < 4.78 is 0. The molecule has 0 aromatic carbocycles. The van der Waals surface area contributed by atoms with Gasteiger partial charge in [0.2, 0.25) is 5.91 Å². The smallest absolute Gasteiger partial charge is 0.266 e. The van der Waals surface area contributed by atoms with Gasteiger partial charge in [-0.3, -0.25) is 14.9 Å². The molecule has 1 N–H and O–H groups in total. The van der Waals surface area contributed by atoms with Gasteiger partial charge in [0.05, 0.1) is 5.57 Å². The summed E-state index contributed by atoms with van der Waals surface area (Å²) in [5.74, 6) is 1.76. The molecule has 0 spiro atoms. The van der Waals surface area contributed by atoms with Crippen LogP contribution in [0.15, 0.2) is 11.6 Å². The Hall–Kier alpha value is -1.08. The second-order valence-corrected chi connectivity index (χ2v) is 2.55. The Bertz CT molecular complexity index is 296. The monoisotopic (exact) mass is 243 g/mol. The summed E-state index contributed by atoms with van der Waals surface area (Å²) in [6.45, 7) is 3.36. The Balaban J connectivity index is 4.39. The van der Waals surface area contributed by atoms with Crippen LogP contribution in [0, 0.1) is 10.8 Å². The zero-order chi connectivity index (χ0) is 10.3. The van der Waals surface area contributed by atoms with Gasteiger partial charge in [-0.1, -0.05) is 13.0 Å². The Morgan fingerprint density at radius 1 is 1.54 bits per heavy atom. The van der Waals surface area contributed by atoms with Crippen molar-refractivity contribution < 1.29 is 9.59 Å². The van der Waals surface area contributed by atoms with Crippen molar-refractivity contribution >= 4 is 27.7 Å². The molecule has 0 heterocycles. The van der Waals surface area contributed by atoms with E-state index < -0.39 is 5.91 Å². The van der Waals surface area contributed by atoms with E-state index in [1.807, 2.05) is 0 Å². The Kier molecular flexibility index (Phi) is 5.90. The Morgan fingerprint density at radius 2 is 2.15 bits per heavy atom. The highest BCUT2D eigenvalue weighted by molar-refractivity contribution is 9.12. The molecule has 0 aromatic rings. The van der Waals surface area contributed by atoms with Crippen molar-refractivity contribution in [3.05, 3.63) is 11.6 Å². The summed E-state index contributed by atoms with van der Waals surface area (Å²) in [4.78, 5) is 24.5. The largest absolute Gasteiger partial charge is 0.292 e. The van der Waals surface area contributed by atoms with Gasteiger partial charge in [0.25, 0.3) is 5.91 Å². The van der Waals surface area contributed by atoms with E-state index in [0.717, 1.165) is 0 Å². The van der Waals surface area contributed by atoms with Crippen LogP contribution in [0.2, 0.25) is 0 Å². The van der Waals surface area contributed by atoms with Crippen molar-refractivity contribution in [1.82, 2.24) is 5.32 Å². The SMILES string of the molecule is C/C=C(/C#CBr)C(=O)NC(=O)CC. The van der Waals surface area contributed by atoms with Gasteiger partial charge in [-0.05, 0) is 17.7 Å². The lowest BCUT2D eigenvalue weighted by Crippen LogP contribution is -2.30. The van der Waals surface area contributed by atoms with Crippen molar-refractivity contribution in [2.45, 2.75) is 20.3 Å². The van der Waals surface area contributed by atoms with Crippen LogP contribution in [0.25, 0.3) is 0 Å². The second-order valence-electron chi connectivity index (χ2n) is 2.15. The molecule has 0 bridgehead atoms. The summed E-state index contributed by atoms with van der Waals surface area (Å²) in [7, 11) is 0. The maximum absolute atomic E-state index is 11.2. The number of rotatable bonds is 2. The zero-order valence-electron chi connectivity index (χ0n) is 7.48. The first-order chi connectivity index (χ1) is 6.15. The minimum atomic E-state index is -0.457. The van der Waals surface area contributed by atoms with Crippen LogP contribution in [-0.4, -0.2) is 11.8 Å². The maximum Gasteiger partial charge on any atom is 0.266 e. The third kappa shape index (κ3) is 4.48. The number of carbonyl (C=O) groups excluding carboxylic acids is 2. The van der Waals surface area contributed by atoms with E-state index >= 15 is 0 Å². The van der Waals surface area contributed by atoms with Gasteiger partial charge in [0, 0.05) is 22.4 Å². The van der Waals surface area contributed by atoms with E-state index in [0.29, 0.717) is 0 Å². The van der Waals surface area contributed by atoms with Crippen LogP contribution in [-0.2, 0) is 9.59 Å². The molecule has 0 unspecified atom stereocenters. The van der Waals surface area contributed by atoms with Gasteiger partial charge < -0.3 is 0 Å². The highest BCUT2D eigenvalue weighted by Gasteiger charge is 2.08. The third-order valence-electron chi connectivity index (χ3n) is 1.29. The first-order valence-corrected chi connectivity index (χ1v) is 4.57. The highest BCUT2D eigenvalue weighted by atomic mass is 79.9. The molecule has 2 amide bonds. The van der Waals surface area contributed by atoms with Crippen LogP contribution in [0.5, 0.6) is 0 Å². The van der Waals surface area contributed by atoms with E-state index in [2.05, 4.69) is 32.0 Å². The topological polar surface area (TPSA) is 46.2 Å². The van der Waals surface area contributed by atoms with Crippen molar-refractivity contribution in [3.63, 3.8) is 0 Å². The fraction of sp³-hybridized carbons (Fsp3) is 0.333. The number of carbonyl (C=O) groups is 2. The average molecular weight is 244 g/mol. The van der Waals surface area contributed by atoms with Gasteiger partial charge in [-0.2, -0.15) is 0 Å². The molecule has 0 saturated carbocycles. The molecular formula is C9H10BrNO2. The molecule has 3 nitrogen and oxygen atoms in total. The lowest BCUT2D eigenvalue weighted by atomic mass is 10.2. The van der Waals surface area contributed by atoms with Crippen LogP contribution >= 0.6 is 15.9 Å². The van der Waals surface area contributed by atoms with Crippen molar-refractivity contribution in [1.29, 1.82) is 0 Å². The van der Waals surface area contributed by atoms with Gasteiger partial charge in [0.1, 0.15) is 0 Å². The van der Waals surface area contributed by atoms with Gasteiger partial charge in [-0.25, -0.2) is 0 Å². The van der Waals surface area contributed by atoms with E-state index in [9.17, 15) is 9.59 Å². The number of halogens is 1. The predicted molar refractivity (Wildman–Crippen MR) is 53.9 cm³/mol. The van der Waals surface area contributed by atoms with Gasteiger partial charge in [0.15, 0.2) is 0 Å². The molecule has 0 saturated heterocycles. The fourth-order valence-corrected chi connectivity index (χ4v) is 0.807. The van der Waals surface area contributed by atoms with Crippen LogP contribution in [0.1, 0.15) is 20.3 Å². The number of amides is 2. The molecule has 0 aromatic heterocycles. The lowest BCUT2D eigenvalue weighted by Gasteiger charge is -1.99. The molecule has 0 rings (SSSR count). The minimum Gasteiger partial charge on any atom is -0.292 e. The normalized spacial score (nSPS) is 9.92. The molecule has 0 radical (unpaired) electrons. The number of imide groups is 1. The standard InChI is InChI=1S/C9H10BrNO2/c1-3-7(5-6-10)9(13)11-8(12)4-2/h3H,4H2,1-2H3,(H,11,12,13)/b7-3-. The summed E-state index contributed by atoms with van der Waals surface area (Å²) >= 11 is 2.88. The molecule has 13 heavy (non-hydrogen) atoms. The summed E-state index contributed by atoms with van der Waals surface area (Å²) in [6, 6.07) is 0. The molecular weight excluding hydrogens is 234 g/mol. The van der Waals surface area contributed by atoms with Crippen LogP contribution in [0.3, 0.4) is 0 Å². The quantitative estimate of drug-likeness (QED) is 0.588. The molecule has 0 atom stereocenters. The van der Waals surface area contributed by atoms with E-state index in [1.54, 1.807) is 19.9 Å². The van der Waals surface area contributed by atoms with Crippen LogP contribution in [0.4, 0.5) is 0 Å². The summed E-state index contributed by atoms with van der Waals surface area (Å²) in [5.41, 5.74) is 0.277. The first kappa shape index (κ1) is 11.9. The average Bonchev–Trinajstić information content (AvgIpc) is 2.13. The van der Waals surface area contributed by atoms with Crippen molar-refractivity contribution in [2.24, 2.45) is 0 Å². The summed E-state index contributed by atoms with van der Waals surface area (Å²) in [6.07, 6.45) is 1.83. The molecule has 0 aliphatic rings. The van der Waals surface area contributed by atoms with Crippen molar-refractivity contribution in [2.75, 3.05) is 0 Å². The number of hydrogen-bond donors (Lipinski definition) is 1. The van der Waals surface area contributed by atoms with Crippen LogP contribution < -0.4 is 5.32 Å². The number of hydrogen-bond acceptors (Lipinski definition) is 2. The fourth-order valence-electron chi connectivity index (χ4n) is 0.593. The second kappa shape index (κ2) is 6.44. The Morgan fingerprint density at radius 3 is 2.54 bits per heavy atom. The molecule has 70 valence electrons. The molecule has 4 heteroatoms. The maximum atomic E-state index is 11.2. The summed E-state index contributed by atoms with van der Waals surface area (Å²) in [5, 5.41) is 2.20. The van der Waals surface area contributed by atoms with E-state index in [1.165, 1.54) is 0 Å². The highest BCUT2D eigenvalue weighted by Crippen LogP contribution is 1.93. The first-order valence-electron chi connectivity index (χ1n) is 3.77. The molecule has 0 fully saturated rings. The number of nitrogens with one attached hydrogen (secondary N) is 1. The Labute approximate surface area is 85.7 Å². The van der Waals surface area contributed by atoms with E-state index in [4.69, 9.17) is 0 Å². The van der Waals surface area contributed by atoms with Gasteiger partial charge >= 0.3 is 0 Å². The lowest BCUT2D eigenvalue weighted by molar-refractivity contribution is -0.128. The molecule has 0 aliphatic carbocycles. The third-order valence-corrected chi connectivity index (χ3v) is 1.49. The van der Waals surface area contributed by atoms with Crippen molar-refractivity contribution in [3.8, 4) is 10.8 Å². The predicted octanol–water partition coefficient (Wildman–Crippen LogP) is 1.34. The minimum absolute atomic E-state index is 0.277. The molecule has 0 aliphatic heterocycles. The number of allylic oxidation sites excluding steroid dienone is 1. The van der Waals surface area contributed by atoms with E-state index in [-0.39, 0.29) is 17.9 Å². The zero-order valence-corrected chi connectivity index (χ0v) is 9.06. The van der Waals surface area contributed by atoms with Gasteiger partial charge in [-0.15, -0.1) is 0 Å².